The predicted molar refractivity (Wildman–Crippen MR) is 70.6 cm³/mol. The van der Waals surface area contributed by atoms with Crippen LogP contribution < -0.4 is 15.8 Å². The Kier molecular flexibility index (Phi) is 3.84. The maximum Gasteiger partial charge on any atom is 0.257 e. The predicted octanol–water partition coefficient (Wildman–Crippen LogP) is 0.930. The molecule has 2 rings (SSSR count). The lowest BCUT2D eigenvalue weighted by atomic mass is 10.2. The van der Waals surface area contributed by atoms with Crippen LogP contribution in [0.3, 0.4) is 0 Å². The lowest BCUT2D eigenvalue weighted by Gasteiger charge is -2.07. The minimum atomic E-state index is -0.161. The lowest BCUT2D eigenvalue weighted by molar-refractivity contribution is -0.123. The molecule has 18 heavy (non-hydrogen) atoms. The highest BCUT2D eigenvalue weighted by atomic mass is 16.5. The number of carbonyl (C=O) groups is 1. The first-order valence-corrected chi connectivity index (χ1v) is 5.88. The Balaban J connectivity index is 1.99. The maximum atomic E-state index is 11.4. The molecule has 0 atom stereocenters. The van der Waals surface area contributed by atoms with E-state index >= 15 is 0 Å². The number of benzene rings is 1. The number of carbonyl (C=O) groups excluding carboxylic acids is 1. The number of hydrogen-bond acceptors (Lipinski definition) is 3. The average molecular weight is 247 g/mol. The number of aryl methyl sites for hydroxylation is 1. The summed E-state index contributed by atoms with van der Waals surface area (Å²) in [6, 6.07) is 5.71. The first-order valence-electron chi connectivity index (χ1n) is 5.88. The third kappa shape index (κ3) is 2.81. The summed E-state index contributed by atoms with van der Waals surface area (Å²) >= 11 is 0. The SMILES string of the molecule is Cc1c[nH]c2ccc(OCC(=O)NCCN)cc12. The summed E-state index contributed by atoms with van der Waals surface area (Å²) in [5.41, 5.74) is 7.51. The van der Waals surface area contributed by atoms with E-state index in [1.165, 1.54) is 0 Å². The van der Waals surface area contributed by atoms with Gasteiger partial charge in [-0.1, -0.05) is 0 Å². The Morgan fingerprint density at radius 3 is 3.11 bits per heavy atom. The fraction of sp³-hybridized carbons (Fsp3) is 0.308. The summed E-state index contributed by atoms with van der Waals surface area (Å²) in [6.45, 7) is 2.93. The van der Waals surface area contributed by atoms with Crippen LogP contribution in [0.25, 0.3) is 10.9 Å². The van der Waals surface area contributed by atoms with Gasteiger partial charge in [-0.25, -0.2) is 0 Å². The van der Waals surface area contributed by atoms with Crippen molar-refractivity contribution in [3.05, 3.63) is 30.0 Å². The zero-order chi connectivity index (χ0) is 13.0. The molecule has 0 aliphatic rings. The average Bonchev–Trinajstić information content (AvgIpc) is 2.75. The van der Waals surface area contributed by atoms with Crippen molar-refractivity contribution in [1.82, 2.24) is 10.3 Å². The zero-order valence-corrected chi connectivity index (χ0v) is 10.3. The summed E-state index contributed by atoms with van der Waals surface area (Å²) in [7, 11) is 0. The third-order valence-corrected chi connectivity index (χ3v) is 2.70. The number of nitrogens with one attached hydrogen (secondary N) is 2. The smallest absolute Gasteiger partial charge is 0.257 e. The van der Waals surface area contributed by atoms with Crippen molar-refractivity contribution in [2.24, 2.45) is 5.73 Å². The summed E-state index contributed by atoms with van der Waals surface area (Å²) in [5.74, 6) is 0.527. The molecule has 5 nitrogen and oxygen atoms in total. The Bertz CT molecular complexity index is 548. The van der Waals surface area contributed by atoms with Crippen LogP contribution in [0, 0.1) is 6.92 Å². The molecule has 0 aliphatic heterocycles. The normalized spacial score (nSPS) is 10.6. The number of amides is 1. The maximum absolute atomic E-state index is 11.4. The first kappa shape index (κ1) is 12.4. The zero-order valence-electron chi connectivity index (χ0n) is 10.3. The lowest BCUT2D eigenvalue weighted by Crippen LogP contribution is -2.32. The molecular formula is C13H17N3O2. The number of fused-ring (bicyclic) bond motifs is 1. The van der Waals surface area contributed by atoms with Crippen LogP contribution in [0.2, 0.25) is 0 Å². The molecule has 0 saturated carbocycles. The molecule has 0 aliphatic carbocycles. The third-order valence-electron chi connectivity index (χ3n) is 2.70. The number of rotatable bonds is 5. The highest BCUT2D eigenvalue weighted by molar-refractivity contribution is 5.84. The molecule has 0 bridgehead atoms. The van der Waals surface area contributed by atoms with Gasteiger partial charge in [-0.15, -0.1) is 0 Å². The van der Waals surface area contributed by atoms with E-state index in [1.807, 2.05) is 31.3 Å². The van der Waals surface area contributed by atoms with Crippen molar-refractivity contribution in [2.45, 2.75) is 6.92 Å². The van der Waals surface area contributed by atoms with Gasteiger partial charge in [-0.05, 0) is 30.7 Å². The first-order chi connectivity index (χ1) is 8.70. The van der Waals surface area contributed by atoms with Gasteiger partial charge in [-0.2, -0.15) is 0 Å². The van der Waals surface area contributed by atoms with E-state index < -0.39 is 0 Å². The largest absolute Gasteiger partial charge is 0.484 e. The Morgan fingerprint density at radius 1 is 1.50 bits per heavy atom. The van der Waals surface area contributed by atoms with Crippen molar-refractivity contribution in [3.8, 4) is 5.75 Å². The number of H-pyrrole nitrogens is 1. The van der Waals surface area contributed by atoms with Crippen molar-refractivity contribution >= 4 is 16.8 Å². The van der Waals surface area contributed by atoms with Crippen molar-refractivity contribution in [2.75, 3.05) is 19.7 Å². The van der Waals surface area contributed by atoms with E-state index in [0.717, 1.165) is 16.5 Å². The van der Waals surface area contributed by atoms with Gasteiger partial charge in [0, 0.05) is 30.2 Å². The second kappa shape index (κ2) is 5.55. The molecule has 0 unspecified atom stereocenters. The van der Waals surface area contributed by atoms with Gasteiger partial charge in [-0.3, -0.25) is 4.79 Å². The van der Waals surface area contributed by atoms with Gasteiger partial charge in [0.1, 0.15) is 5.75 Å². The minimum Gasteiger partial charge on any atom is -0.484 e. The minimum absolute atomic E-state index is 0.00891. The summed E-state index contributed by atoms with van der Waals surface area (Å²) in [5, 5.41) is 3.76. The van der Waals surface area contributed by atoms with Gasteiger partial charge >= 0.3 is 0 Å². The molecule has 96 valence electrons. The molecule has 1 aromatic heterocycles. The number of aromatic nitrogens is 1. The monoisotopic (exact) mass is 247 g/mol. The Labute approximate surface area is 105 Å². The molecule has 4 N–H and O–H groups in total. The van der Waals surface area contributed by atoms with Gasteiger partial charge in [0.15, 0.2) is 6.61 Å². The van der Waals surface area contributed by atoms with E-state index in [9.17, 15) is 4.79 Å². The van der Waals surface area contributed by atoms with Gasteiger partial charge in [0.2, 0.25) is 0 Å². The van der Waals surface area contributed by atoms with Crippen LogP contribution in [0.5, 0.6) is 5.75 Å². The van der Waals surface area contributed by atoms with Crippen LogP contribution >= 0.6 is 0 Å². The van der Waals surface area contributed by atoms with Gasteiger partial charge in [0.05, 0.1) is 0 Å². The molecule has 2 aromatic rings. The molecule has 1 heterocycles. The number of hydrogen-bond donors (Lipinski definition) is 3. The second-order valence-electron chi connectivity index (χ2n) is 4.11. The molecule has 0 saturated heterocycles. The van der Waals surface area contributed by atoms with Crippen molar-refractivity contribution in [3.63, 3.8) is 0 Å². The van der Waals surface area contributed by atoms with Crippen LogP contribution in [0.1, 0.15) is 5.56 Å². The van der Waals surface area contributed by atoms with E-state index in [4.69, 9.17) is 10.5 Å². The molecule has 0 fully saturated rings. The number of aromatic amines is 1. The van der Waals surface area contributed by atoms with E-state index in [1.54, 1.807) is 0 Å². The van der Waals surface area contributed by atoms with Crippen LogP contribution in [-0.4, -0.2) is 30.6 Å². The quantitative estimate of drug-likeness (QED) is 0.735. The summed E-state index contributed by atoms with van der Waals surface area (Å²) < 4.78 is 5.43. The van der Waals surface area contributed by atoms with Crippen LogP contribution in [0.4, 0.5) is 0 Å². The molecule has 0 spiro atoms. The summed E-state index contributed by atoms with van der Waals surface area (Å²) in [6.07, 6.45) is 1.95. The highest BCUT2D eigenvalue weighted by Crippen LogP contribution is 2.22. The van der Waals surface area contributed by atoms with E-state index in [2.05, 4.69) is 10.3 Å². The Hall–Kier alpha value is -2.01. The molecule has 1 amide bonds. The summed E-state index contributed by atoms with van der Waals surface area (Å²) in [4.78, 5) is 14.5. The number of ether oxygens (including phenoxy) is 1. The molecule has 0 radical (unpaired) electrons. The van der Waals surface area contributed by atoms with Crippen LogP contribution in [-0.2, 0) is 4.79 Å². The second-order valence-corrected chi connectivity index (χ2v) is 4.11. The fourth-order valence-electron chi connectivity index (χ4n) is 1.74. The van der Waals surface area contributed by atoms with Crippen LogP contribution in [0.15, 0.2) is 24.4 Å². The standard InChI is InChI=1S/C13H17N3O2/c1-9-7-16-12-3-2-10(6-11(9)12)18-8-13(17)15-5-4-14/h2-3,6-7,16H,4-5,8,14H2,1H3,(H,15,17). The van der Waals surface area contributed by atoms with Gasteiger partial charge in [0.25, 0.3) is 5.91 Å². The molecular weight excluding hydrogens is 230 g/mol. The van der Waals surface area contributed by atoms with Crippen molar-refractivity contribution in [1.29, 1.82) is 0 Å². The number of nitrogens with two attached hydrogens (primary N) is 1. The topological polar surface area (TPSA) is 80.1 Å². The Morgan fingerprint density at radius 2 is 2.33 bits per heavy atom. The van der Waals surface area contributed by atoms with Crippen molar-refractivity contribution < 1.29 is 9.53 Å². The fourth-order valence-corrected chi connectivity index (χ4v) is 1.74. The van der Waals surface area contributed by atoms with E-state index in [-0.39, 0.29) is 12.5 Å². The molecule has 5 heteroatoms. The van der Waals surface area contributed by atoms with Gasteiger partial charge < -0.3 is 20.8 Å². The highest BCUT2D eigenvalue weighted by Gasteiger charge is 2.04. The van der Waals surface area contributed by atoms with E-state index in [0.29, 0.717) is 18.8 Å². The molecule has 1 aromatic carbocycles.